The van der Waals surface area contributed by atoms with Crippen LogP contribution in [0.5, 0.6) is 5.75 Å². The van der Waals surface area contributed by atoms with Crippen LogP contribution in [0.25, 0.3) is 4.91 Å². The number of sulfonamides is 1. The van der Waals surface area contributed by atoms with Crippen molar-refractivity contribution in [3.63, 3.8) is 0 Å². The predicted molar refractivity (Wildman–Crippen MR) is 84.8 cm³/mol. The van der Waals surface area contributed by atoms with Crippen LogP contribution in [0, 0.1) is 0 Å². The van der Waals surface area contributed by atoms with Crippen molar-refractivity contribution in [2.24, 2.45) is 4.99 Å². The molecule has 1 aromatic rings. The molecule has 0 amide bonds. The van der Waals surface area contributed by atoms with Crippen LogP contribution in [0.4, 0.5) is 0 Å². The maximum atomic E-state index is 12.3. The molecule has 1 aliphatic heterocycles. The van der Waals surface area contributed by atoms with Crippen molar-refractivity contribution in [2.45, 2.75) is 33.2 Å². The van der Waals surface area contributed by atoms with Gasteiger partial charge in [-0.1, -0.05) is 6.92 Å². The molecular weight excluding hydrogens is 288 g/mol. The fourth-order valence-electron chi connectivity index (χ4n) is 2.11. The highest BCUT2D eigenvalue weighted by atomic mass is 32.2. The zero-order chi connectivity index (χ0) is 15.6. The van der Waals surface area contributed by atoms with Crippen LogP contribution in [0.1, 0.15) is 32.8 Å². The molecular formula is C15H20N2O3S. The molecule has 0 bridgehead atoms. The minimum atomic E-state index is -3.55. The normalized spacial score (nSPS) is 20.5. The first kappa shape index (κ1) is 15.6. The Balaban J connectivity index is 2.50. The second-order valence-corrected chi connectivity index (χ2v) is 6.64. The summed E-state index contributed by atoms with van der Waals surface area (Å²) in [5.41, 5.74) is 1.29. The van der Waals surface area contributed by atoms with Crippen LogP contribution in [0.2, 0.25) is 0 Å². The van der Waals surface area contributed by atoms with Crippen molar-refractivity contribution in [3.8, 4) is 5.75 Å². The number of hydrogen-bond acceptors (Lipinski definition) is 4. The number of rotatable bonds is 4. The number of amidine groups is 1. The van der Waals surface area contributed by atoms with Crippen molar-refractivity contribution >= 4 is 20.8 Å². The SMILES string of the molecule is CCC(C)N=C1NS(=O)(=O)C(c2ccc(OC)cc2)=C1C. The molecule has 1 aliphatic rings. The van der Waals surface area contributed by atoms with Gasteiger partial charge in [-0.2, -0.15) is 0 Å². The van der Waals surface area contributed by atoms with E-state index in [1.165, 1.54) is 0 Å². The first-order chi connectivity index (χ1) is 9.89. The minimum Gasteiger partial charge on any atom is -0.497 e. The molecule has 0 radical (unpaired) electrons. The summed E-state index contributed by atoms with van der Waals surface area (Å²) >= 11 is 0. The third-order valence-corrected chi connectivity index (χ3v) is 5.03. The van der Waals surface area contributed by atoms with E-state index in [1.54, 1.807) is 38.3 Å². The highest BCUT2D eigenvalue weighted by molar-refractivity contribution is 8.00. The van der Waals surface area contributed by atoms with Crippen molar-refractivity contribution in [3.05, 3.63) is 35.4 Å². The summed E-state index contributed by atoms with van der Waals surface area (Å²) in [6, 6.07) is 7.05. The van der Waals surface area contributed by atoms with Crippen molar-refractivity contribution in [1.82, 2.24) is 4.72 Å². The molecule has 5 nitrogen and oxygen atoms in total. The van der Waals surface area contributed by atoms with Crippen molar-refractivity contribution < 1.29 is 13.2 Å². The van der Waals surface area contributed by atoms with E-state index in [0.717, 1.165) is 6.42 Å². The van der Waals surface area contributed by atoms with Gasteiger partial charge in [0.25, 0.3) is 10.0 Å². The van der Waals surface area contributed by atoms with E-state index >= 15 is 0 Å². The van der Waals surface area contributed by atoms with Gasteiger partial charge in [-0.05, 0) is 50.1 Å². The van der Waals surface area contributed by atoms with Gasteiger partial charge in [0.1, 0.15) is 16.5 Å². The van der Waals surface area contributed by atoms with Gasteiger partial charge in [-0.15, -0.1) is 0 Å². The number of hydrogen-bond donors (Lipinski definition) is 1. The highest BCUT2D eigenvalue weighted by Crippen LogP contribution is 2.31. The van der Waals surface area contributed by atoms with E-state index in [4.69, 9.17) is 4.74 Å². The largest absolute Gasteiger partial charge is 0.497 e. The van der Waals surface area contributed by atoms with Crippen molar-refractivity contribution in [2.75, 3.05) is 7.11 Å². The molecule has 1 heterocycles. The standard InChI is InChI=1S/C15H20N2O3S/c1-5-10(2)16-15-11(3)14(21(18,19)17-15)12-6-8-13(20-4)9-7-12/h6-10H,5H2,1-4H3,(H,16,17). The van der Waals surface area contributed by atoms with Crippen LogP contribution in [0.15, 0.2) is 34.8 Å². The van der Waals surface area contributed by atoms with Gasteiger partial charge in [0.2, 0.25) is 0 Å². The number of aliphatic imine (C=N–C) groups is 1. The van der Waals surface area contributed by atoms with Gasteiger partial charge in [0.15, 0.2) is 0 Å². The maximum absolute atomic E-state index is 12.3. The highest BCUT2D eigenvalue weighted by Gasteiger charge is 2.32. The fraction of sp³-hybridized carbons (Fsp3) is 0.400. The first-order valence-corrected chi connectivity index (χ1v) is 8.33. The molecule has 1 unspecified atom stereocenters. The second kappa shape index (κ2) is 5.89. The minimum absolute atomic E-state index is 0.0767. The number of methoxy groups -OCH3 is 1. The quantitative estimate of drug-likeness (QED) is 0.929. The molecule has 1 aromatic carbocycles. The summed E-state index contributed by atoms with van der Waals surface area (Å²) in [6.45, 7) is 5.75. The molecule has 21 heavy (non-hydrogen) atoms. The Morgan fingerprint density at radius 3 is 2.43 bits per heavy atom. The molecule has 0 saturated heterocycles. The van der Waals surface area contributed by atoms with E-state index in [0.29, 0.717) is 22.7 Å². The Morgan fingerprint density at radius 2 is 1.90 bits per heavy atom. The number of benzene rings is 1. The van der Waals surface area contributed by atoms with Gasteiger partial charge >= 0.3 is 0 Å². The molecule has 114 valence electrons. The summed E-state index contributed by atoms with van der Waals surface area (Å²) in [5, 5.41) is 0. The van der Waals surface area contributed by atoms with Crippen LogP contribution in [-0.2, 0) is 10.0 Å². The average Bonchev–Trinajstić information content (AvgIpc) is 2.68. The molecule has 0 saturated carbocycles. The maximum Gasteiger partial charge on any atom is 0.264 e. The molecule has 6 heteroatoms. The van der Waals surface area contributed by atoms with E-state index in [2.05, 4.69) is 9.71 Å². The zero-order valence-corrected chi connectivity index (χ0v) is 13.5. The van der Waals surface area contributed by atoms with Crippen LogP contribution < -0.4 is 9.46 Å². The van der Waals surface area contributed by atoms with E-state index in [-0.39, 0.29) is 10.9 Å². The third-order valence-electron chi connectivity index (χ3n) is 3.49. The van der Waals surface area contributed by atoms with Gasteiger partial charge < -0.3 is 4.74 Å². The van der Waals surface area contributed by atoms with Crippen LogP contribution in [0.3, 0.4) is 0 Å². The lowest BCUT2D eigenvalue weighted by Gasteiger charge is -2.04. The topological polar surface area (TPSA) is 67.8 Å². The Labute approximate surface area is 125 Å². The van der Waals surface area contributed by atoms with Crippen molar-refractivity contribution in [1.29, 1.82) is 0 Å². The monoisotopic (exact) mass is 308 g/mol. The predicted octanol–water partition coefficient (Wildman–Crippen LogP) is 2.56. The lowest BCUT2D eigenvalue weighted by atomic mass is 10.1. The smallest absolute Gasteiger partial charge is 0.264 e. The van der Waals surface area contributed by atoms with Gasteiger partial charge in [-0.25, -0.2) is 8.42 Å². The summed E-state index contributed by atoms with van der Waals surface area (Å²) in [7, 11) is -1.98. The lowest BCUT2D eigenvalue weighted by Crippen LogP contribution is -2.24. The lowest BCUT2D eigenvalue weighted by molar-refractivity contribution is 0.415. The molecule has 0 aliphatic carbocycles. The summed E-state index contributed by atoms with van der Waals surface area (Å²) in [6.07, 6.45) is 0.858. The molecule has 0 fully saturated rings. The first-order valence-electron chi connectivity index (χ1n) is 6.85. The molecule has 0 aromatic heterocycles. The van der Waals surface area contributed by atoms with E-state index in [1.807, 2.05) is 13.8 Å². The zero-order valence-electron chi connectivity index (χ0n) is 12.7. The number of nitrogens with zero attached hydrogens (tertiary/aromatic N) is 1. The summed E-state index contributed by atoms with van der Waals surface area (Å²) in [4.78, 5) is 4.71. The van der Waals surface area contributed by atoms with Gasteiger partial charge in [0, 0.05) is 11.6 Å². The van der Waals surface area contributed by atoms with Gasteiger partial charge in [0.05, 0.1) is 7.11 Å². The second-order valence-electron chi connectivity index (χ2n) is 5.02. The number of nitrogens with one attached hydrogen (secondary N) is 1. The number of ether oxygens (including phenoxy) is 1. The summed E-state index contributed by atoms with van der Waals surface area (Å²) < 4.78 is 32.3. The fourth-order valence-corrected chi connectivity index (χ4v) is 3.62. The Hall–Kier alpha value is -1.82. The average molecular weight is 308 g/mol. The Kier molecular flexibility index (Phi) is 4.37. The van der Waals surface area contributed by atoms with Gasteiger partial charge in [-0.3, -0.25) is 9.71 Å². The summed E-state index contributed by atoms with van der Waals surface area (Å²) in [5.74, 6) is 1.13. The van der Waals surface area contributed by atoms with Crippen LogP contribution in [-0.4, -0.2) is 27.4 Å². The third kappa shape index (κ3) is 3.10. The molecule has 1 N–H and O–H groups in total. The van der Waals surface area contributed by atoms with E-state index < -0.39 is 10.0 Å². The Bertz CT molecular complexity index is 688. The molecule has 1 atom stereocenters. The van der Waals surface area contributed by atoms with E-state index in [9.17, 15) is 8.42 Å². The molecule has 2 rings (SSSR count). The Morgan fingerprint density at radius 1 is 1.29 bits per heavy atom. The molecule has 0 spiro atoms. The van der Waals surface area contributed by atoms with Crippen LogP contribution >= 0.6 is 0 Å².